The van der Waals surface area contributed by atoms with E-state index in [1.807, 2.05) is 0 Å². The van der Waals surface area contributed by atoms with E-state index in [0.29, 0.717) is 17.4 Å². The second kappa shape index (κ2) is 3.66. The van der Waals surface area contributed by atoms with Crippen LogP contribution in [0.3, 0.4) is 0 Å². The number of nitrogens with zero attached hydrogens (tertiary/aromatic N) is 4. The Morgan fingerprint density at radius 2 is 2.17 bits per heavy atom. The molecule has 2 N–H and O–H groups in total. The molecule has 2 aromatic heterocycles. The Bertz CT molecular complexity index is 622. The minimum Gasteiger partial charge on any atom is -0.382 e. The number of hydrogen-bond donors (Lipinski definition) is 1. The first-order valence-electron chi connectivity index (χ1n) is 6.38. The molecule has 5 nitrogen and oxygen atoms in total. The second-order valence-electron chi connectivity index (χ2n) is 5.42. The lowest BCUT2D eigenvalue weighted by Crippen LogP contribution is -2.16. The first kappa shape index (κ1) is 10.7. The van der Waals surface area contributed by atoms with E-state index in [1.54, 1.807) is 0 Å². The molecule has 2 aliphatic carbocycles. The van der Waals surface area contributed by atoms with Crippen LogP contribution in [0, 0.1) is 11.8 Å². The number of nitrogens with two attached hydrogens (primary N) is 1. The smallest absolute Gasteiger partial charge is 0.179 e. The summed E-state index contributed by atoms with van der Waals surface area (Å²) in [6.45, 7) is 0. The van der Waals surface area contributed by atoms with E-state index in [1.165, 1.54) is 32.0 Å². The fourth-order valence-corrected chi connectivity index (χ4v) is 4.33. The second-order valence-corrected chi connectivity index (χ2v) is 6.13. The average molecular weight is 308 g/mol. The van der Waals surface area contributed by atoms with Gasteiger partial charge in [-0.3, -0.25) is 4.57 Å². The Morgan fingerprint density at radius 1 is 1.28 bits per heavy atom. The van der Waals surface area contributed by atoms with Gasteiger partial charge in [0.05, 0.1) is 0 Å². The van der Waals surface area contributed by atoms with Crippen molar-refractivity contribution < 1.29 is 0 Å². The normalized spacial score (nSPS) is 30.4. The molecule has 94 valence electrons. The molecule has 2 saturated carbocycles. The topological polar surface area (TPSA) is 69.6 Å². The van der Waals surface area contributed by atoms with Gasteiger partial charge in [0.1, 0.15) is 6.33 Å². The molecule has 0 saturated heterocycles. The van der Waals surface area contributed by atoms with E-state index in [2.05, 4.69) is 35.4 Å². The number of halogens is 1. The number of anilines is 1. The van der Waals surface area contributed by atoms with Crippen LogP contribution in [-0.4, -0.2) is 19.5 Å². The van der Waals surface area contributed by atoms with Gasteiger partial charge in [-0.2, -0.15) is 0 Å². The van der Waals surface area contributed by atoms with Crippen molar-refractivity contribution in [3.8, 4) is 0 Å². The fraction of sp³-hybridized carbons (Fsp3) is 0.583. The van der Waals surface area contributed by atoms with E-state index in [-0.39, 0.29) is 0 Å². The van der Waals surface area contributed by atoms with Crippen LogP contribution in [0.4, 0.5) is 5.82 Å². The van der Waals surface area contributed by atoms with Gasteiger partial charge in [0.2, 0.25) is 0 Å². The first-order chi connectivity index (χ1) is 8.74. The predicted octanol–water partition coefficient (Wildman–Crippen LogP) is 2.53. The van der Waals surface area contributed by atoms with Crippen molar-refractivity contribution >= 4 is 32.9 Å². The molecule has 2 aromatic rings. The van der Waals surface area contributed by atoms with Crippen LogP contribution in [0.5, 0.6) is 0 Å². The molecular formula is C12H14BrN5. The van der Waals surface area contributed by atoms with Crippen LogP contribution >= 0.6 is 15.9 Å². The standard InChI is InChI=1S/C12H14BrN5/c13-12-17-9-10(14)15-5-16-11(9)18(12)8-4-6-1-2-7(8)3-6/h5-8H,1-4H2,(H2,14,15,16)/t6-,7+,8+/m0/s1. The molecule has 0 spiro atoms. The molecule has 18 heavy (non-hydrogen) atoms. The molecule has 2 aliphatic rings. The van der Waals surface area contributed by atoms with Crippen LogP contribution in [0.25, 0.3) is 11.2 Å². The van der Waals surface area contributed by atoms with E-state index in [9.17, 15) is 0 Å². The van der Waals surface area contributed by atoms with E-state index >= 15 is 0 Å². The molecule has 4 rings (SSSR count). The minimum atomic E-state index is 0.461. The molecule has 2 bridgehead atoms. The van der Waals surface area contributed by atoms with Crippen LogP contribution in [-0.2, 0) is 0 Å². The molecule has 0 aliphatic heterocycles. The zero-order valence-corrected chi connectivity index (χ0v) is 11.5. The summed E-state index contributed by atoms with van der Waals surface area (Å²) in [5.74, 6) is 2.13. The van der Waals surface area contributed by atoms with Gasteiger partial charge < -0.3 is 5.73 Å². The molecule has 6 heteroatoms. The van der Waals surface area contributed by atoms with Gasteiger partial charge in [-0.05, 0) is 47.0 Å². The molecule has 0 unspecified atom stereocenters. The van der Waals surface area contributed by atoms with Crippen molar-refractivity contribution in [3.63, 3.8) is 0 Å². The molecule has 0 amide bonds. The van der Waals surface area contributed by atoms with Crippen molar-refractivity contribution in [2.45, 2.75) is 31.7 Å². The summed E-state index contributed by atoms with van der Waals surface area (Å²) in [5, 5.41) is 0. The third kappa shape index (κ3) is 1.35. The summed E-state index contributed by atoms with van der Waals surface area (Å²) < 4.78 is 3.05. The van der Waals surface area contributed by atoms with Gasteiger partial charge in [-0.15, -0.1) is 0 Å². The Kier molecular flexibility index (Phi) is 2.18. The highest BCUT2D eigenvalue weighted by Gasteiger charge is 2.41. The number of fused-ring (bicyclic) bond motifs is 3. The van der Waals surface area contributed by atoms with Gasteiger partial charge in [0.15, 0.2) is 21.7 Å². The van der Waals surface area contributed by atoms with Crippen LogP contribution in [0.15, 0.2) is 11.1 Å². The molecule has 3 atom stereocenters. The van der Waals surface area contributed by atoms with Crippen LogP contribution in [0.2, 0.25) is 0 Å². The predicted molar refractivity (Wildman–Crippen MR) is 71.9 cm³/mol. The van der Waals surface area contributed by atoms with Gasteiger partial charge >= 0.3 is 0 Å². The van der Waals surface area contributed by atoms with Gasteiger partial charge in [0, 0.05) is 6.04 Å². The highest BCUT2D eigenvalue weighted by molar-refractivity contribution is 9.10. The lowest BCUT2D eigenvalue weighted by atomic mass is 9.95. The SMILES string of the molecule is Nc1ncnc2c1nc(Br)n2[C@@H]1C[C@H]2CC[C@@H]1C2. The Hall–Kier alpha value is -1.17. The Labute approximate surface area is 113 Å². The number of hydrogen-bond acceptors (Lipinski definition) is 4. The summed E-state index contributed by atoms with van der Waals surface area (Å²) in [5.41, 5.74) is 7.45. The lowest BCUT2D eigenvalue weighted by Gasteiger charge is -2.24. The van der Waals surface area contributed by atoms with Crippen LogP contribution < -0.4 is 5.73 Å². The van der Waals surface area contributed by atoms with Crippen molar-refractivity contribution in [1.29, 1.82) is 0 Å². The first-order valence-corrected chi connectivity index (χ1v) is 7.17. The number of imidazole rings is 1. The fourth-order valence-electron chi connectivity index (χ4n) is 3.72. The zero-order chi connectivity index (χ0) is 12.3. The molecular weight excluding hydrogens is 294 g/mol. The molecule has 0 aromatic carbocycles. The molecule has 2 fully saturated rings. The van der Waals surface area contributed by atoms with Crippen molar-refractivity contribution in [1.82, 2.24) is 19.5 Å². The maximum absolute atomic E-state index is 5.87. The quantitative estimate of drug-likeness (QED) is 0.822. The highest BCUT2D eigenvalue weighted by Crippen LogP contribution is 2.52. The van der Waals surface area contributed by atoms with E-state index in [0.717, 1.165) is 22.2 Å². The Morgan fingerprint density at radius 3 is 2.89 bits per heavy atom. The van der Waals surface area contributed by atoms with Crippen molar-refractivity contribution in [2.75, 3.05) is 5.73 Å². The maximum atomic E-state index is 5.87. The minimum absolute atomic E-state index is 0.461. The van der Waals surface area contributed by atoms with Gasteiger partial charge in [-0.25, -0.2) is 15.0 Å². The van der Waals surface area contributed by atoms with Crippen molar-refractivity contribution in [2.24, 2.45) is 11.8 Å². The number of rotatable bonds is 1. The number of aromatic nitrogens is 4. The van der Waals surface area contributed by atoms with E-state index < -0.39 is 0 Å². The zero-order valence-electron chi connectivity index (χ0n) is 9.88. The van der Waals surface area contributed by atoms with Gasteiger partial charge in [0.25, 0.3) is 0 Å². The summed E-state index contributed by atoms with van der Waals surface area (Å²) in [7, 11) is 0. The molecule has 0 radical (unpaired) electrons. The van der Waals surface area contributed by atoms with Crippen LogP contribution in [0.1, 0.15) is 31.7 Å². The Balaban J connectivity index is 1.90. The summed E-state index contributed by atoms with van der Waals surface area (Å²) in [4.78, 5) is 12.8. The largest absolute Gasteiger partial charge is 0.382 e. The number of nitrogen functional groups attached to an aromatic ring is 1. The molecule has 2 heterocycles. The summed E-state index contributed by atoms with van der Waals surface area (Å²) >= 11 is 3.55. The lowest BCUT2D eigenvalue weighted by molar-refractivity contribution is 0.331. The third-order valence-corrected chi connectivity index (χ3v) is 5.05. The third-order valence-electron chi connectivity index (χ3n) is 4.49. The van der Waals surface area contributed by atoms with Crippen molar-refractivity contribution in [3.05, 3.63) is 11.1 Å². The maximum Gasteiger partial charge on any atom is 0.179 e. The monoisotopic (exact) mass is 307 g/mol. The highest BCUT2D eigenvalue weighted by atomic mass is 79.9. The summed E-state index contributed by atoms with van der Waals surface area (Å²) in [6.07, 6.45) is 6.86. The van der Waals surface area contributed by atoms with E-state index in [4.69, 9.17) is 5.73 Å². The average Bonchev–Trinajstić information content (AvgIpc) is 3.02. The van der Waals surface area contributed by atoms with Gasteiger partial charge in [-0.1, -0.05) is 6.42 Å². The summed E-state index contributed by atoms with van der Waals surface area (Å²) in [6, 6.07) is 0.525.